The van der Waals surface area contributed by atoms with Gasteiger partial charge in [-0.25, -0.2) is 4.98 Å². The Morgan fingerprint density at radius 2 is 1.62 bits per heavy atom. The fourth-order valence-corrected chi connectivity index (χ4v) is 3.91. The minimum Gasteiger partial charge on any atom is -0.350 e. The molecule has 4 rings (SSSR count). The summed E-state index contributed by atoms with van der Waals surface area (Å²) in [5.74, 6) is -0.197. The van der Waals surface area contributed by atoms with E-state index in [-0.39, 0.29) is 40.8 Å². The number of nitrogens with two attached hydrogens (primary N) is 1. The Hall–Kier alpha value is -3.35. The van der Waals surface area contributed by atoms with Gasteiger partial charge in [0, 0.05) is 24.0 Å². The van der Waals surface area contributed by atoms with Crippen molar-refractivity contribution in [1.29, 1.82) is 0 Å². The van der Waals surface area contributed by atoms with Gasteiger partial charge in [-0.1, -0.05) is 12.8 Å². The lowest BCUT2D eigenvalue weighted by Gasteiger charge is -2.29. The van der Waals surface area contributed by atoms with Crippen molar-refractivity contribution < 1.29 is 26.3 Å². The quantitative estimate of drug-likeness (QED) is 0.396. The van der Waals surface area contributed by atoms with Gasteiger partial charge >= 0.3 is 12.4 Å². The molecule has 0 spiro atoms. The number of hydrogen-bond donors (Lipinski definition) is 4. The Balaban J connectivity index is 1.80. The highest BCUT2D eigenvalue weighted by molar-refractivity contribution is 5.91. The number of pyridine rings is 1. The Morgan fingerprint density at radius 3 is 2.24 bits per heavy atom. The third-order valence-electron chi connectivity index (χ3n) is 5.60. The van der Waals surface area contributed by atoms with Crippen LogP contribution in [0.25, 0.3) is 10.9 Å². The molecule has 0 radical (unpaired) electrons. The minimum absolute atomic E-state index is 0.0213. The molecular formula is C21H20F6N6O. The van der Waals surface area contributed by atoms with Crippen LogP contribution in [0.4, 0.5) is 43.8 Å². The molecule has 13 heteroatoms. The normalized spacial score (nSPS) is 19.3. The zero-order valence-electron chi connectivity index (χ0n) is 17.5. The first kappa shape index (κ1) is 23.8. The summed E-state index contributed by atoms with van der Waals surface area (Å²) in [6.07, 6.45) is -5.31. The first-order valence-electron chi connectivity index (χ1n) is 10.4. The van der Waals surface area contributed by atoms with Gasteiger partial charge in [0.15, 0.2) is 0 Å². The van der Waals surface area contributed by atoms with E-state index in [0.29, 0.717) is 12.1 Å². The van der Waals surface area contributed by atoms with Crippen molar-refractivity contribution in [1.82, 2.24) is 15.0 Å². The van der Waals surface area contributed by atoms with Gasteiger partial charge in [0.05, 0.1) is 16.6 Å². The van der Waals surface area contributed by atoms with E-state index in [0.717, 1.165) is 25.7 Å². The molecule has 7 nitrogen and oxygen atoms in total. The number of anilines is 3. The average molecular weight is 486 g/mol. The van der Waals surface area contributed by atoms with Crippen LogP contribution in [0.15, 0.2) is 35.3 Å². The number of halogens is 6. The molecule has 182 valence electrons. The molecule has 1 aliphatic carbocycles. The maximum atomic E-state index is 13.3. The van der Waals surface area contributed by atoms with Gasteiger partial charge in [0.1, 0.15) is 11.2 Å². The van der Waals surface area contributed by atoms with Gasteiger partial charge in [0.25, 0.3) is 5.56 Å². The van der Waals surface area contributed by atoms with E-state index in [4.69, 9.17) is 5.73 Å². The maximum Gasteiger partial charge on any atom is 0.416 e. The molecule has 1 saturated carbocycles. The van der Waals surface area contributed by atoms with Crippen molar-refractivity contribution in [2.24, 2.45) is 5.73 Å². The summed E-state index contributed by atoms with van der Waals surface area (Å²) < 4.78 is 79.5. The second-order valence-corrected chi connectivity index (χ2v) is 8.08. The summed E-state index contributed by atoms with van der Waals surface area (Å²) in [6.45, 7) is 0. The van der Waals surface area contributed by atoms with Crippen molar-refractivity contribution in [3.05, 3.63) is 51.9 Å². The summed E-state index contributed by atoms with van der Waals surface area (Å²) in [5, 5.41) is 5.42. The number of benzene rings is 1. The van der Waals surface area contributed by atoms with Crippen LogP contribution < -0.4 is 21.9 Å². The molecule has 0 saturated heterocycles. The third kappa shape index (κ3) is 5.08. The number of H-pyrrole nitrogens is 1. The summed E-state index contributed by atoms with van der Waals surface area (Å²) in [4.78, 5) is 23.3. The Morgan fingerprint density at radius 1 is 0.971 bits per heavy atom. The van der Waals surface area contributed by atoms with E-state index >= 15 is 0 Å². The Bertz CT molecular complexity index is 1220. The molecule has 3 aromatic rings. The molecule has 2 aromatic heterocycles. The lowest BCUT2D eigenvalue weighted by atomic mass is 9.91. The molecule has 1 fully saturated rings. The number of hydrogen-bond acceptors (Lipinski definition) is 6. The van der Waals surface area contributed by atoms with E-state index < -0.39 is 34.7 Å². The summed E-state index contributed by atoms with van der Waals surface area (Å²) in [6, 6.07) is 2.15. The van der Waals surface area contributed by atoms with Crippen LogP contribution >= 0.6 is 0 Å². The standard InChI is InChI=1S/C21H20F6N6O/c22-20(23,24)10-7-11(21(25,26)27)9-12(8-10)30-17-16-15(5-6-29-18(16)34)32-19(33-17)31-14-4-2-1-3-13(14)28/h5-9,13-14H,1-4,28H2,(H,29,34)(H2,30,31,32,33). The summed E-state index contributed by atoms with van der Waals surface area (Å²) in [7, 11) is 0. The van der Waals surface area contributed by atoms with E-state index in [1.807, 2.05) is 0 Å². The molecule has 34 heavy (non-hydrogen) atoms. The fraction of sp³-hybridized carbons (Fsp3) is 0.381. The van der Waals surface area contributed by atoms with Gasteiger partial charge in [-0.2, -0.15) is 31.3 Å². The van der Waals surface area contributed by atoms with Crippen LogP contribution in [0.1, 0.15) is 36.8 Å². The molecular weight excluding hydrogens is 466 g/mol. The molecule has 2 atom stereocenters. The van der Waals surface area contributed by atoms with E-state index in [1.165, 1.54) is 12.3 Å². The lowest BCUT2D eigenvalue weighted by molar-refractivity contribution is -0.143. The summed E-state index contributed by atoms with van der Waals surface area (Å²) >= 11 is 0. The molecule has 2 unspecified atom stereocenters. The van der Waals surface area contributed by atoms with E-state index in [2.05, 4.69) is 25.6 Å². The van der Waals surface area contributed by atoms with Crippen LogP contribution in [0.5, 0.6) is 0 Å². The van der Waals surface area contributed by atoms with Gasteiger partial charge in [-0.05, 0) is 37.1 Å². The minimum atomic E-state index is -5.02. The van der Waals surface area contributed by atoms with Crippen LogP contribution in [0.2, 0.25) is 0 Å². The Labute approximate surface area is 188 Å². The number of nitrogens with zero attached hydrogens (tertiary/aromatic N) is 2. The fourth-order valence-electron chi connectivity index (χ4n) is 3.91. The average Bonchev–Trinajstić information content (AvgIpc) is 2.74. The molecule has 2 heterocycles. The zero-order valence-corrected chi connectivity index (χ0v) is 17.5. The van der Waals surface area contributed by atoms with Crippen LogP contribution in [-0.4, -0.2) is 27.0 Å². The predicted octanol–water partition coefficient (Wildman–Crippen LogP) is 4.78. The zero-order chi connectivity index (χ0) is 24.7. The number of nitrogens with one attached hydrogen (secondary N) is 3. The third-order valence-corrected chi connectivity index (χ3v) is 5.60. The number of aromatic amines is 1. The number of fused-ring (bicyclic) bond motifs is 1. The smallest absolute Gasteiger partial charge is 0.350 e. The largest absolute Gasteiger partial charge is 0.416 e. The summed E-state index contributed by atoms with van der Waals surface area (Å²) in [5.41, 5.74) is 2.09. The maximum absolute atomic E-state index is 13.3. The molecule has 0 amide bonds. The van der Waals surface area contributed by atoms with Crippen molar-refractivity contribution in [2.45, 2.75) is 50.1 Å². The van der Waals surface area contributed by atoms with E-state index in [9.17, 15) is 31.1 Å². The van der Waals surface area contributed by atoms with Gasteiger partial charge in [-0.15, -0.1) is 0 Å². The van der Waals surface area contributed by atoms with Gasteiger partial charge in [-0.3, -0.25) is 4.79 Å². The number of rotatable bonds is 4. The second-order valence-electron chi connectivity index (χ2n) is 8.08. The van der Waals surface area contributed by atoms with Crippen LogP contribution in [0, 0.1) is 0 Å². The second kappa shape index (κ2) is 8.78. The highest BCUT2D eigenvalue weighted by atomic mass is 19.4. The molecule has 1 aliphatic rings. The topological polar surface area (TPSA) is 109 Å². The van der Waals surface area contributed by atoms with Crippen LogP contribution in [0.3, 0.4) is 0 Å². The number of aromatic nitrogens is 3. The van der Waals surface area contributed by atoms with Crippen LogP contribution in [-0.2, 0) is 12.4 Å². The van der Waals surface area contributed by atoms with Crippen molar-refractivity contribution in [3.8, 4) is 0 Å². The van der Waals surface area contributed by atoms with Crippen molar-refractivity contribution in [2.75, 3.05) is 10.6 Å². The first-order valence-corrected chi connectivity index (χ1v) is 10.4. The van der Waals surface area contributed by atoms with Gasteiger partial charge in [0.2, 0.25) is 5.95 Å². The first-order chi connectivity index (χ1) is 15.9. The SMILES string of the molecule is NC1CCCCC1Nc1nc(Nc2cc(C(F)(F)F)cc(C(F)(F)F)c2)c2c(=O)[nH]ccc2n1. The molecule has 5 N–H and O–H groups in total. The van der Waals surface area contributed by atoms with Gasteiger partial charge < -0.3 is 21.4 Å². The lowest BCUT2D eigenvalue weighted by Crippen LogP contribution is -2.43. The predicted molar refractivity (Wildman–Crippen MR) is 114 cm³/mol. The highest BCUT2D eigenvalue weighted by Crippen LogP contribution is 2.38. The molecule has 1 aromatic carbocycles. The molecule has 0 aliphatic heterocycles. The number of alkyl halides is 6. The monoisotopic (exact) mass is 486 g/mol. The highest BCUT2D eigenvalue weighted by Gasteiger charge is 2.37. The van der Waals surface area contributed by atoms with Crippen molar-refractivity contribution >= 4 is 28.4 Å². The van der Waals surface area contributed by atoms with E-state index in [1.54, 1.807) is 0 Å². The Kier molecular flexibility index (Phi) is 6.14. The van der Waals surface area contributed by atoms with Crippen molar-refractivity contribution in [3.63, 3.8) is 0 Å². The molecule has 0 bridgehead atoms.